The van der Waals surface area contributed by atoms with E-state index in [1.165, 1.54) is 0 Å². The lowest BCUT2D eigenvalue weighted by Gasteiger charge is -2.10. The van der Waals surface area contributed by atoms with Crippen LogP contribution < -0.4 is 5.32 Å². The Balaban J connectivity index is 2.75. The molecular formula is C8H10ClIN2O. The van der Waals surface area contributed by atoms with Crippen molar-refractivity contribution >= 4 is 39.9 Å². The summed E-state index contributed by atoms with van der Waals surface area (Å²) < 4.78 is 0.998. The van der Waals surface area contributed by atoms with E-state index in [4.69, 9.17) is 16.7 Å². The number of hydrogen-bond acceptors (Lipinski definition) is 3. The van der Waals surface area contributed by atoms with E-state index < -0.39 is 6.10 Å². The first kappa shape index (κ1) is 11.0. The van der Waals surface area contributed by atoms with Crippen LogP contribution >= 0.6 is 34.2 Å². The zero-order valence-corrected chi connectivity index (χ0v) is 10.0. The molecule has 13 heavy (non-hydrogen) atoms. The second kappa shape index (κ2) is 4.97. The molecule has 72 valence electrons. The highest BCUT2D eigenvalue weighted by Gasteiger charge is 2.05. The van der Waals surface area contributed by atoms with E-state index in [2.05, 4.69) is 32.9 Å². The predicted octanol–water partition coefficient (Wildman–Crippen LogP) is 2.13. The molecule has 0 saturated heterocycles. The molecule has 0 aliphatic carbocycles. The Morgan fingerprint density at radius 3 is 3.00 bits per heavy atom. The summed E-state index contributed by atoms with van der Waals surface area (Å²) >= 11 is 8.02. The quantitative estimate of drug-likeness (QED) is 0.664. The van der Waals surface area contributed by atoms with Gasteiger partial charge in [0.15, 0.2) is 5.15 Å². The van der Waals surface area contributed by atoms with Gasteiger partial charge in [-0.2, -0.15) is 0 Å². The largest absolute Gasteiger partial charge is 0.392 e. The van der Waals surface area contributed by atoms with Crippen LogP contribution in [0.2, 0.25) is 5.15 Å². The van der Waals surface area contributed by atoms with E-state index in [1.807, 2.05) is 6.07 Å². The van der Waals surface area contributed by atoms with Crippen molar-refractivity contribution in [2.75, 3.05) is 11.9 Å². The maximum absolute atomic E-state index is 9.07. The number of aliphatic hydroxyl groups is 1. The number of hydrogen-bond donors (Lipinski definition) is 2. The standard InChI is InChI=1S/C8H10ClIN2O/c1-5(13)4-12-7-6(10)2-3-11-8(7)9/h2-3,5,12-13H,4H2,1H3/t5-/m0/s1. The molecule has 1 aromatic heterocycles. The smallest absolute Gasteiger partial charge is 0.153 e. The van der Waals surface area contributed by atoms with Crippen LogP contribution in [0.5, 0.6) is 0 Å². The van der Waals surface area contributed by atoms with E-state index in [0.717, 1.165) is 9.26 Å². The van der Waals surface area contributed by atoms with Gasteiger partial charge in [-0.15, -0.1) is 0 Å². The Labute approximate surface area is 95.7 Å². The Morgan fingerprint density at radius 2 is 2.46 bits per heavy atom. The second-order valence-electron chi connectivity index (χ2n) is 2.69. The van der Waals surface area contributed by atoms with Crippen LogP contribution in [0.3, 0.4) is 0 Å². The fourth-order valence-corrected chi connectivity index (χ4v) is 1.81. The second-order valence-corrected chi connectivity index (χ2v) is 4.21. The third kappa shape index (κ3) is 3.28. The number of rotatable bonds is 3. The number of pyridine rings is 1. The van der Waals surface area contributed by atoms with Crippen LogP contribution in [-0.2, 0) is 0 Å². The first-order valence-corrected chi connectivity index (χ1v) is 5.29. The third-order valence-electron chi connectivity index (χ3n) is 1.43. The molecular weight excluding hydrogens is 302 g/mol. The summed E-state index contributed by atoms with van der Waals surface area (Å²) in [5, 5.41) is 12.5. The molecule has 0 bridgehead atoms. The van der Waals surface area contributed by atoms with Crippen LogP contribution in [-0.4, -0.2) is 22.7 Å². The number of aromatic nitrogens is 1. The average molecular weight is 313 g/mol. The highest BCUT2D eigenvalue weighted by molar-refractivity contribution is 14.1. The third-order valence-corrected chi connectivity index (χ3v) is 2.61. The summed E-state index contributed by atoms with van der Waals surface area (Å²) in [6.45, 7) is 2.19. The van der Waals surface area contributed by atoms with E-state index in [9.17, 15) is 0 Å². The Hall–Kier alpha value is -0.0700. The van der Waals surface area contributed by atoms with E-state index in [-0.39, 0.29) is 0 Å². The number of anilines is 1. The first-order chi connectivity index (χ1) is 6.11. The minimum absolute atomic E-state index is 0.396. The summed E-state index contributed by atoms with van der Waals surface area (Å²) in [5.41, 5.74) is 0.783. The average Bonchev–Trinajstić information content (AvgIpc) is 2.03. The molecule has 5 heteroatoms. The molecule has 0 saturated carbocycles. The van der Waals surface area contributed by atoms with Gasteiger partial charge in [0.05, 0.1) is 11.8 Å². The molecule has 1 atom stereocenters. The van der Waals surface area contributed by atoms with Crippen molar-refractivity contribution in [1.82, 2.24) is 4.98 Å². The van der Waals surface area contributed by atoms with E-state index in [1.54, 1.807) is 13.1 Å². The fourth-order valence-electron chi connectivity index (χ4n) is 0.822. The SMILES string of the molecule is C[C@H](O)CNc1c(I)ccnc1Cl. The molecule has 3 nitrogen and oxygen atoms in total. The number of aliphatic hydroxyl groups excluding tert-OH is 1. The Bertz CT molecular complexity index is 273. The highest BCUT2D eigenvalue weighted by Crippen LogP contribution is 2.24. The van der Waals surface area contributed by atoms with Gasteiger partial charge < -0.3 is 10.4 Å². The number of halogens is 2. The zero-order valence-electron chi connectivity index (χ0n) is 7.09. The van der Waals surface area contributed by atoms with Crippen molar-refractivity contribution < 1.29 is 5.11 Å². The van der Waals surface area contributed by atoms with Crippen LogP contribution in [0, 0.1) is 3.57 Å². The lowest BCUT2D eigenvalue weighted by Crippen LogP contribution is -2.16. The monoisotopic (exact) mass is 312 g/mol. The van der Waals surface area contributed by atoms with E-state index >= 15 is 0 Å². The van der Waals surface area contributed by atoms with Gasteiger partial charge in [-0.05, 0) is 35.6 Å². The molecule has 2 N–H and O–H groups in total. The molecule has 0 spiro atoms. The molecule has 0 aliphatic heterocycles. The number of nitrogens with zero attached hydrogens (tertiary/aromatic N) is 1. The van der Waals surface area contributed by atoms with Crippen molar-refractivity contribution in [2.24, 2.45) is 0 Å². The molecule has 0 unspecified atom stereocenters. The van der Waals surface area contributed by atoms with Gasteiger partial charge in [-0.25, -0.2) is 4.98 Å². The normalized spacial score (nSPS) is 12.6. The van der Waals surface area contributed by atoms with Gasteiger partial charge in [-0.1, -0.05) is 11.6 Å². The van der Waals surface area contributed by atoms with Crippen molar-refractivity contribution in [1.29, 1.82) is 0 Å². The molecule has 1 rings (SSSR count). The predicted molar refractivity (Wildman–Crippen MR) is 62.1 cm³/mol. The van der Waals surface area contributed by atoms with Gasteiger partial charge in [0.2, 0.25) is 0 Å². The first-order valence-electron chi connectivity index (χ1n) is 3.83. The van der Waals surface area contributed by atoms with Crippen molar-refractivity contribution in [3.8, 4) is 0 Å². The van der Waals surface area contributed by atoms with Gasteiger partial charge in [-0.3, -0.25) is 0 Å². The summed E-state index contributed by atoms with van der Waals surface area (Å²) in [6.07, 6.45) is 1.25. The zero-order chi connectivity index (χ0) is 9.84. The number of nitrogens with one attached hydrogen (secondary N) is 1. The van der Waals surface area contributed by atoms with Crippen LogP contribution in [0.15, 0.2) is 12.3 Å². The minimum Gasteiger partial charge on any atom is -0.392 e. The maximum Gasteiger partial charge on any atom is 0.153 e. The maximum atomic E-state index is 9.07. The van der Waals surface area contributed by atoms with Crippen molar-refractivity contribution in [3.63, 3.8) is 0 Å². The Kier molecular flexibility index (Phi) is 4.21. The molecule has 0 aliphatic rings. The summed E-state index contributed by atoms with van der Waals surface area (Å²) in [5.74, 6) is 0. The summed E-state index contributed by atoms with van der Waals surface area (Å²) in [4.78, 5) is 3.93. The van der Waals surface area contributed by atoms with Gasteiger partial charge in [0.1, 0.15) is 0 Å². The molecule has 0 amide bonds. The molecule has 0 aromatic carbocycles. The van der Waals surface area contributed by atoms with Crippen LogP contribution in [0.1, 0.15) is 6.92 Å². The van der Waals surface area contributed by atoms with Gasteiger partial charge in [0.25, 0.3) is 0 Å². The molecule has 1 heterocycles. The van der Waals surface area contributed by atoms with Gasteiger partial charge in [0, 0.05) is 16.3 Å². The summed E-state index contributed by atoms with van der Waals surface area (Å²) in [6, 6.07) is 1.86. The van der Waals surface area contributed by atoms with Crippen molar-refractivity contribution in [2.45, 2.75) is 13.0 Å². The topological polar surface area (TPSA) is 45.1 Å². The van der Waals surface area contributed by atoms with E-state index in [0.29, 0.717) is 11.7 Å². The lowest BCUT2D eigenvalue weighted by molar-refractivity contribution is 0.208. The Morgan fingerprint density at radius 1 is 1.77 bits per heavy atom. The van der Waals surface area contributed by atoms with Gasteiger partial charge >= 0.3 is 0 Å². The molecule has 1 aromatic rings. The summed E-state index contributed by atoms with van der Waals surface area (Å²) in [7, 11) is 0. The fraction of sp³-hybridized carbons (Fsp3) is 0.375. The van der Waals surface area contributed by atoms with Crippen LogP contribution in [0.25, 0.3) is 0 Å². The molecule has 0 fully saturated rings. The minimum atomic E-state index is -0.396. The molecule has 0 radical (unpaired) electrons. The van der Waals surface area contributed by atoms with Crippen LogP contribution in [0.4, 0.5) is 5.69 Å². The lowest BCUT2D eigenvalue weighted by atomic mass is 10.3. The van der Waals surface area contributed by atoms with Crippen molar-refractivity contribution in [3.05, 3.63) is 21.0 Å². The highest BCUT2D eigenvalue weighted by atomic mass is 127.